The monoisotopic (exact) mass is 402 g/mol. The standard InChI is InChI=1S/C26H39FO2/c1-3-5-6-7-19-8-10-21(11-9-19)22-12-14-23(15-13-22)26(28)29-24-17-16-20(4-2)25(27)18-24/h16-19,21-23H,3-15H2,1-2H3. The van der Waals surface area contributed by atoms with E-state index in [1.54, 1.807) is 12.1 Å². The first-order chi connectivity index (χ1) is 14.1. The summed E-state index contributed by atoms with van der Waals surface area (Å²) in [5, 5.41) is 0. The molecule has 0 saturated heterocycles. The Kier molecular flexibility index (Phi) is 8.56. The van der Waals surface area contributed by atoms with Gasteiger partial charge in [-0.05, 0) is 74.3 Å². The van der Waals surface area contributed by atoms with Gasteiger partial charge < -0.3 is 4.74 Å². The lowest BCUT2D eigenvalue weighted by atomic mass is 9.68. The van der Waals surface area contributed by atoms with Crippen molar-refractivity contribution in [3.05, 3.63) is 29.6 Å². The minimum Gasteiger partial charge on any atom is -0.426 e. The van der Waals surface area contributed by atoms with Crippen molar-refractivity contribution >= 4 is 5.97 Å². The Bertz CT molecular complexity index is 640. The number of benzene rings is 1. The highest BCUT2D eigenvalue weighted by atomic mass is 19.1. The summed E-state index contributed by atoms with van der Waals surface area (Å²) in [6, 6.07) is 4.78. The summed E-state index contributed by atoms with van der Waals surface area (Å²) in [6.45, 7) is 4.20. The molecule has 3 rings (SSSR count). The second kappa shape index (κ2) is 11.1. The number of ether oxygens (including phenoxy) is 1. The van der Waals surface area contributed by atoms with Crippen LogP contribution in [0.5, 0.6) is 5.75 Å². The molecule has 0 spiro atoms. The number of hydrogen-bond acceptors (Lipinski definition) is 2. The second-order valence-corrected chi connectivity index (χ2v) is 9.42. The van der Waals surface area contributed by atoms with E-state index in [1.165, 1.54) is 57.4 Å². The number of esters is 1. The number of rotatable bonds is 8. The van der Waals surface area contributed by atoms with Gasteiger partial charge in [0.1, 0.15) is 11.6 Å². The normalized spacial score (nSPS) is 27.6. The van der Waals surface area contributed by atoms with Gasteiger partial charge >= 0.3 is 5.97 Å². The smallest absolute Gasteiger partial charge is 0.314 e. The Morgan fingerprint density at radius 3 is 2.21 bits per heavy atom. The second-order valence-electron chi connectivity index (χ2n) is 9.42. The van der Waals surface area contributed by atoms with Crippen molar-refractivity contribution in [3.63, 3.8) is 0 Å². The number of carbonyl (C=O) groups is 1. The van der Waals surface area contributed by atoms with E-state index in [0.717, 1.165) is 43.4 Å². The first kappa shape index (κ1) is 22.3. The van der Waals surface area contributed by atoms with Crippen LogP contribution >= 0.6 is 0 Å². The lowest BCUT2D eigenvalue weighted by molar-refractivity contribution is -0.140. The van der Waals surface area contributed by atoms with Crippen LogP contribution < -0.4 is 4.74 Å². The molecule has 2 saturated carbocycles. The molecule has 2 nitrogen and oxygen atoms in total. The molecule has 0 atom stereocenters. The van der Waals surface area contributed by atoms with Crippen molar-refractivity contribution in [1.82, 2.24) is 0 Å². The average molecular weight is 403 g/mol. The molecule has 0 aliphatic heterocycles. The maximum Gasteiger partial charge on any atom is 0.314 e. The van der Waals surface area contributed by atoms with E-state index in [0.29, 0.717) is 17.7 Å². The predicted octanol–water partition coefficient (Wildman–Crippen LogP) is 7.49. The fourth-order valence-corrected chi connectivity index (χ4v) is 5.54. The summed E-state index contributed by atoms with van der Waals surface area (Å²) in [6.07, 6.45) is 15.9. The molecule has 3 heteroatoms. The Balaban J connectivity index is 1.40. The van der Waals surface area contributed by atoms with Gasteiger partial charge in [0.2, 0.25) is 0 Å². The van der Waals surface area contributed by atoms with Crippen molar-refractivity contribution in [1.29, 1.82) is 0 Å². The Labute approximate surface area is 176 Å². The van der Waals surface area contributed by atoms with E-state index < -0.39 is 0 Å². The maximum absolute atomic E-state index is 13.9. The van der Waals surface area contributed by atoms with Gasteiger partial charge in [-0.2, -0.15) is 0 Å². The van der Waals surface area contributed by atoms with E-state index in [4.69, 9.17) is 4.74 Å². The Hall–Kier alpha value is -1.38. The van der Waals surface area contributed by atoms with Crippen LogP contribution in [0.2, 0.25) is 0 Å². The molecule has 0 aromatic heterocycles. The van der Waals surface area contributed by atoms with Gasteiger partial charge in [0.15, 0.2) is 0 Å². The van der Waals surface area contributed by atoms with Gasteiger partial charge in [-0.3, -0.25) is 4.79 Å². The molecule has 0 heterocycles. The van der Waals surface area contributed by atoms with E-state index in [-0.39, 0.29) is 17.7 Å². The largest absolute Gasteiger partial charge is 0.426 e. The molecule has 1 aromatic carbocycles. The van der Waals surface area contributed by atoms with E-state index in [2.05, 4.69) is 6.92 Å². The van der Waals surface area contributed by atoms with E-state index >= 15 is 0 Å². The Morgan fingerprint density at radius 2 is 1.62 bits per heavy atom. The van der Waals surface area contributed by atoms with Crippen molar-refractivity contribution in [2.45, 2.75) is 97.3 Å². The molecular formula is C26H39FO2. The van der Waals surface area contributed by atoms with Crippen molar-refractivity contribution in [2.75, 3.05) is 0 Å². The minimum absolute atomic E-state index is 0.0226. The number of halogens is 1. The van der Waals surface area contributed by atoms with Gasteiger partial charge in [-0.15, -0.1) is 0 Å². The van der Waals surface area contributed by atoms with Crippen LogP contribution in [0.3, 0.4) is 0 Å². The molecule has 162 valence electrons. The number of carbonyl (C=O) groups excluding carboxylic acids is 1. The summed E-state index contributed by atoms with van der Waals surface area (Å²) in [5.41, 5.74) is 0.658. The number of aryl methyl sites for hydroxylation is 1. The first-order valence-corrected chi connectivity index (χ1v) is 12.1. The van der Waals surface area contributed by atoms with E-state index in [1.807, 2.05) is 6.92 Å². The van der Waals surface area contributed by atoms with Crippen LogP contribution in [0.15, 0.2) is 18.2 Å². The lowest BCUT2D eigenvalue weighted by Crippen LogP contribution is -2.30. The van der Waals surface area contributed by atoms with Gasteiger partial charge in [-0.25, -0.2) is 4.39 Å². The minimum atomic E-state index is -0.285. The summed E-state index contributed by atoms with van der Waals surface area (Å²) >= 11 is 0. The Morgan fingerprint density at radius 1 is 0.966 bits per heavy atom. The SMILES string of the molecule is CCCCCC1CCC(C2CCC(C(=O)Oc3ccc(CC)c(F)c3)CC2)CC1. The molecule has 0 amide bonds. The zero-order valence-corrected chi connectivity index (χ0v) is 18.4. The summed E-state index contributed by atoms with van der Waals surface area (Å²) in [4.78, 5) is 12.5. The third-order valence-corrected chi connectivity index (χ3v) is 7.50. The number of hydrogen-bond donors (Lipinski definition) is 0. The molecule has 2 aliphatic carbocycles. The van der Waals surface area contributed by atoms with Crippen LogP contribution in [-0.2, 0) is 11.2 Å². The summed E-state index contributed by atoms with van der Waals surface area (Å²) < 4.78 is 19.4. The summed E-state index contributed by atoms with van der Waals surface area (Å²) in [5.74, 6) is 2.47. The maximum atomic E-state index is 13.9. The van der Waals surface area contributed by atoms with Crippen LogP contribution in [0.1, 0.15) is 96.5 Å². The molecule has 0 bridgehead atoms. The molecule has 2 fully saturated rings. The summed E-state index contributed by atoms with van der Waals surface area (Å²) in [7, 11) is 0. The zero-order valence-electron chi connectivity index (χ0n) is 18.4. The van der Waals surface area contributed by atoms with Crippen LogP contribution in [0.25, 0.3) is 0 Å². The quantitative estimate of drug-likeness (QED) is 0.256. The molecule has 2 aliphatic rings. The van der Waals surface area contributed by atoms with Gasteiger partial charge in [0.05, 0.1) is 5.92 Å². The fraction of sp³-hybridized carbons (Fsp3) is 0.731. The third-order valence-electron chi connectivity index (χ3n) is 7.50. The van der Waals surface area contributed by atoms with Crippen LogP contribution in [-0.4, -0.2) is 5.97 Å². The highest BCUT2D eigenvalue weighted by molar-refractivity contribution is 5.75. The molecule has 0 N–H and O–H groups in total. The van der Waals surface area contributed by atoms with Gasteiger partial charge in [-0.1, -0.05) is 58.4 Å². The molecule has 0 radical (unpaired) electrons. The molecule has 1 aromatic rings. The third kappa shape index (κ3) is 6.30. The topological polar surface area (TPSA) is 26.3 Å². The van der Waals surface area contributed by atoms with Crippen molar-refractivity contribution < 1.29 is 13.9 Å². The average Bonchev–Trinajstić information content (AvgIpc) is 2.75. The van der Waals surface area contributed by atoms with E-state index in [9.17, 15) is 9.18 Å². The highest BCUT2D eigenvalue weighted by Crippen LogP contribution is 2.42. The highest BCUT2D eigenvalue weighted by Gasteiger charge is 2.33. The number of unbranched alkanes of at least 4 members (excludes halogenated alkanes) is 2. The predicted molar refractivity (Wildman–Crippen MR) is 116 cm³/mol. The first-order valence-electron chi connectivity index (χ1n) is 12.1. The molecule has 29 heavy (non-hydrogen) atoms. The van der Waals surface area contributed by atoms with Gasteiger partial charge in [0, 0.05) is 6.07 Å². The van der Waals surface area contributed by atoms with Crippen molar-refractivity contribution in [3.8, 4) is 5.75 Å². The molecule has 0 unspecified atom stereocenters. The van der Waals surface area contributed by atoms with Crippen LogP contribution in [0, 0.1) is 29.5 Å². The molecular weight excluding hydrogens is 363 g/mol. The zero-order chi connectivity index (χ0) is 20.6. The van der Waals surface area contributed by atoms with Crippen LogP contribution in [0.4, 0.5) is 4.39 Å². The fourth-order valence-electron chi connectivity index (χ4n) is 5.54. The lowest BCUT2D eigenvalue weighted by Gasteiger charge is -2.37. The van der Waals surface area contributed by atoms with Crippen molar-refractivity contribution in [2.24, 2.45) is 23.7 Å². The van der Waals surface area contributed by atoms with Gasteiger partial charge in [0.25, 0.3) is 0 Å².